The molecule has 0 amide bonds. The molecule has 2 heteroatoms. The maximum Gasteiger partial charge on any atom is 0.0379 e. The zero-order chi connectivity index (χ0) is 27.0. The SMILES string of the molecule is CC(C)(C)Cc1cc(Cc2cc(CC(C)(C)C)c(N)c(CC(C)(C)C)c2)cc(CC(C)(C)C)c1N. The third kappa shape index (κ3) is 9.90. The zero-order valence-electron chi connectivity index (χ0n) is 25.0. The Hall–Kier alpha value is -1.96. The van der Waals surface area contributed by atoms with Gasteiger partial charge in [-0.15, -0.1) is 0 Å². The van der Waals surface area contributed by atoms with E-state index in [-0.39, 0.29) is 21.7 Å². The Balaban J connectivity index is 2.60. The Labute approximate surface area is 217 Å². The topological polar surface area (TPSA) is 52.0 Å². The molecule has 0 saturated carbocycles. The molecule has 0 atom stereocenters. The highest BCUT2D eigenvalue weighted by Gasteiger charge is 2.22. The predicted octanol–water partition coefficient (Wildman–Crippen LogP) is 8.80. The second kappa shape index (κ2) is 10.2. The molecule has 0 unspecified atom stereocenters. The minimum atomic E-state index is 0.187. The molecule has 0 spiro atoms. The summed E-state index contributed by atoms with van der Waals surface area (Å²) in [6, 6.07) is 9.43. The first-order valence-electron chi connectivity index (χ1n) is 13.4. The van der Waals surface area contributed by atoms with Crippen LogP contribution in [-0.2, 0) is 32.1 Å². The maximum atomic E-state index is 6.75. The standard InChI is InChI=1S/C33H54N2/c1-30(2,3)18-24-14-22(15-25(28(24)34)19-31(4,5)6)13-23-16-26(20-32(7,8)9)29(35)27(17-23)21-33(10,11)12/h14-17H,13,18-21,34-35H2,1-12H3. The summed E-state index contributed by atoms with van der Waals surface area (Å²) in [5, 5.41) is 0. The van der Waals surface area contributed by atoms with E-state index < -0.39 is 0 Å². The summed E-state index contributed by atoms with van der Waals surface area (Å²) < 4.78 is 0. The number of hydrogen-bond donors (Lipinski definition) is 2. The van der Waals surface area contributed by atoms with Crippen molar-refractivity contribution in [3.63, 3.8) is 0 Å². The van der Waals surface area contributed by atoms with Crippen LogP contribution < -0.4 is 11.5 Å². The fourth-order valence-electron chi connectivity index (χ4n) is 5.01. The second-order valence-electron chi connectivity index (χ2n) is 15.8. The van der Waals surface area contributed by atoms with Gasteiger partial charge in [-0.25, -0.2) is 0 Å². The zero-order valence-corrected chi connectivity index (χ0v) is 25.0. The van der Waals surface area contributed by atoms with Crippen molar-refractivity contribution in [2.24, 2.45) is 21.7 Å². The fraction of sp³-hybridized carbons (Fsp3) is 0.636. The van der Waals surface area contributed by atoms with E-state index in [9.17, 15) is 0 Å². The summed E-state index contributed by atoms with van der Waals surface area (Å²) in [7, 11) is 0. The number of nitrogens with two attached hydrogens (primary N) is 2. The van der Waals surface area contributed by atoms with Gasteiger partial charge in [-0.05, 0) is 87.1 Å². The molecule has 0 saturated heterocycles. The largest absolute Gasteiger partial charge is 0.398 e. The van der Waals surface area contributed by atoms with Crippen molar-refractivity contribution in [1.29, 1.82) is 0 Å². The van der Waals surface area contributed by atoms with Gasteiger partial charge in [0.25, 0.3) is 0 Å². The highest BCUT2D eigenvalue weighted by atomic mass is 14.6. The third-order valence-electron chi connectivity index (χ3n) is 6.11. The van der Waals surface area contributed by atoms with E-state index >= 15 is 0 Å². The minimum Gasteiger partial charge on any atom is -0.398 e. The number of nitrogen functional groups attached to an aromatic ring is 2. The van der Waals surface area contributed by atoms with Crippen LogP contribution in [-0.4, -0.2) is 0 Å². The number of benzene rings is 2. The van der Waals surface area contributed by atoms with Gasteiger partial charge < -0.3 is 11.5 Å². The first-order chi connectivity index (χ1) is 15.6. The summed E-state index contributed by atoms with van der Waals surface area (Å²) in [6.45, 7) is 27.5. The van der Waals surface area contributed by atoms with Gasteiger partial charge in [-0.1, -0.05) is 107 Å². The summed E-state index contributed by atoms with van der Waals surface area (Å²) in [6.07, 6.45) is 4.83. The van der Waals surface area contributed by atoms with Gasteiger partial charge in [0, 0.05) is 11.4 Å². The molecule has 2 rings (SSSR count). The van der Waals surface area contributed by atoms with E-state index in [1.54, 1.807) is 0 Å². The summed E-state index contributed by atoms with van der Waals surface area (Å²) >= 11 is 0. The Morgan fingerprint density at radius 3 is 0.800 bits per heavy atom. The lowest BCUT2D eigenvalue weighted by molar-refractivity contribution is 0.406. The van der Waals surface area contributed by atoms with E-state index in [4.69, 9.17) is 11.5 Å². The average molecular weight is 479 g/mol. The highest BCUT2D eigenvalue weighted by Crippen LogP contribution is 2.35. The third-order valence-corrected chi connectivity index (χ3v) is 6.11. The Morgan fingerprint density at radius 2 is 0.629 bits per heavy atom. The average Bonchev–Trinajstić information content (AvgIpc) is 2.58. The van der Waals surface area contributed by atoms with Crippen molar-refractivity contribution in [3.05, 3.63) is 57.6 Å². The van der Waals surface area contributed by atoms with Crippen LogP contribution >= 0.6 is 0 Å². The van der Waals surface area contributed by atoms with Crippen LogP contribution in [0.5, 0.6) is 0 Å². The molecule has 0 aliphatic rings. The lowest BCUT2D eigenvalue weighted by atomic mass is 9.80. The van der Waals surface area contributed by atoms with Crippen LogP contribution in [0.2, 0.25) is 0 Å². The van der Waals surface area contributed by atoms with Crippen LogP contribution in [0, 0.1) is 21.7 Å². The lowest BCUT2D eigenvalue weighted by Gasteiger charge is -2.26. The van der Waals surface area contributed by atoms with Crippen molar-refractivity contribution >= 4 is 11.4 Å². The van der Waals surface area contributed by atoms with E-state index in [2.05, 4.69) is 107 Å². The summed E-state index contributed by atoms with van der Waals surface area (Å²) in [5.74, 6) is 0. The smallest absolute Gasteiger partial charge is 0.0379 e. The van der Waals surface area contributed by atoms with E-state index in [1.807, 2.05) is 0 Å². The van der Waals surface area contributed by atoms with Gasteiger partial charge >= 0.3 is 0 Å². The van der Waals surface area contributed by atoms with Crippen molar-refractivity contribution in [1.82, 2.24) is 0 Å². The molecule has 2 aromatic carbocycles. The van der Waals surface area contributed by atoms with Gasteiger partial charge in [-0.3, -0.25) is 0 Å². The Morgan fingerprint density at radius 1 is 0.429 bits per heavy atom. The molecular formula is C33H54N2. The molecule has 0 radical (unpaired) electrons. The first-order valence-corrected chi connectivity index (χ1v) is 13.4. The van der Waals surface area contributed by atoms with Gasteiger partial charge in [0.05, 0.1) is 0 Å². The van der Waals surface area contributed by atoms with Crippen molar-refractivity contribution < 1.29 is 0 Å². The van der Waals surface area contributed by atoms with E-state index in [1.165, 1.54) is 33.4 Å². The monoisotopic (exact) mass is 478 g/mol. The lowest BCUT2D eigenvalue weighted by Crippen LogP contribution is -2.16. The number of rotatable bonds is 6. The summed E-state index contributed by atoms with van der Waals surface area (Å²) in [4.78, 5) is 0. The van der Waals surface area contributed by atoms with Gasteiger partial charge in [0.2, 0.25) is 0 Å². The molecule has 2 nitrogen and oxygen atoms in total. The van der Waals surface area contributed by atoms with E-state index in [0.717, 1.165) is 43.5 Å². The molecule has 196 valence electrons. The molecule has 0 aliphatic heterocycles. The van der Waals surface area contributed by atoms with Crippen LogP contribution in [0.4, 0.5) is 11.4 Å². The van der Waals surface area contributed by atoms with Crippen LogP contribution in [0.25, 0.3) is 0 Å². The molecule has 0 fully saturated rings. The fourth-order valence-corrected chi connectivity index (χ4v) is 5.01. The predicted molar refractivity (Wildman–Crippen MR) is 157 cm³/mol. The molecular weight excluding hydrogens is 424 g/mol. The Kier molecular flexibility index (Phi) is 8.52. The van der Waals surface area contributed by atoms with Crippen molar-refractivity contribution in [3.8, 4) is 0 Å². The van der Waals surface area contributed by atoms with Crippen LogP contribution in [0.3, 0.4) is 0 Å². The molecule has 0 bridgehead atoms. The molecule has 0 aliphatic carbocycles. The molecule has 0 heterocycles. The maximum absolute atomic E-state index is 6.75. The first kappa shape index (κ1) is 29.3. The number of anilines is 2. The normalized spacial score (nSPS) is 13.4. The Bertz CT molecular complexity index is 858. The molecule has 0 aromatic heterocycles. The van der Waals surface area contributed by atoms with E-state index in [0.29, 0.717) is 0 Å². The van der Waals surface area contributed by atoms with Crippen LogP contribution in [0.15, 0.2) is 24.3 Å². The van der Waals surface area contributed by atoms with Gasteiger partial charge in [0.15, 0.2) is 0 Å². The molecule has 35 heavy (non-hydrogen) atoms. The second-order valence-corrected chi connectivity index (χ2v) is 15.8. The highest BCUT2D eigenvalue weighted by molar-refractivity contribution is 5.59. The molecule has 4 N–H and O–H groups in total. The van der Waals surface area contributed by atoms with Gasteiger partial charge in [-0.2, -0.15) is 0 Å². The van der Waals surface area contributed by atoms with Crippen LogP contribution in [0.1, 0.15) is 116 Å². The number of hydrogen-bond acceptors (Lipinski definition) is 2. The van der Waals surface area contributed by atoms with Gasteiger partial charge in [0.1, 0.15) is 0 Å². The quantitative estimate of drug-likeness (QED) is 0.407. The minimum absolute atomic E-state index is 0.187. The summed E-state index contributed by atoms with van der Waals surface area (Å²) in [5.41, 5.74) is 24.1. The molecule has 2 aromatic rings. The van der Waals surface area contributed by atoms with Crippen molar-refractivity contribution in [2.75, 3.05) is 11.5 Å². The van der Waals surface area contributed by atoms with Crippen molar-refractivity contribution in [2.45, 2.75) is 115 Å².